The van der Waals surface area contributed by atoms with Crippen LogP contribution in [0.15, 0.2) is 24.4 Å². The zero-order valence-electron chi connectivity index (χ0n) is 13.8. The van der Waals surface area contributed by atoms with Crippen LogP contribution < -0.4 is 10.6 Å². The molecule has 1 aromatic carbocycles. The Morgan fingerprint density at radius 1 is 1.43 bits per heavy atom. The molecular weight excluding hydrogens is 310 g/mol. The summed E-state index contributed by atoms with van der Waals surface area (Å²) in [6.45, 7) is 4.61. The van der Waals surface area contributed by atoms with E-state index in [9.17, 15) is 9.90 Å². The summed E-state index contributed by atoms with van der Waals surface area (Å²) in [6, 6.07) is 5.96. The third-order valence-corrected chi connectivity index (χ3v) is 5.25. The topological polar surface area (TPSA) is 77.2 Å². The molecule has 0 aliphatic heterocycles. The Labute approximate surface area is 141 Å². The largest absolute Gasteiger partial charge is 0.395 e. The predicted octanol–water partition coefficient (Wildman–Crippen LogP) is 2.43. The van der Waals surface area contributed by atoms with Crippen LogP contribution in [0.1, 0.15) is 18.1 Å². The van der Waals surface area contributed by atoms with Crippen LogP contribution >= 0.6 is 11.8 Å². The summed E-state index contributed by atoms with van der Waals surface area (Å²) in [6.07, 6.45) is 4.71. The number of aliphatic hydroxyl groups is 1. The molecule has 0 fully saturated rings. The van der Waals surface area contributed by atoms with Gasteiger partial charge in [-0.3, -0.25) is 0 Å². The van der Waals surface area contributed by atoms with E-state index in [0.29, 0.717) is 6.54 Å². The highest BCUT2D eigenvalue weighted by Gasteiger charge is 2.17. The van der Waals surface area contributed by atoms with Gasteiger partial charge in [0, 0.05) is 34.9 Å². The van der Waals surface area contributed by atoms with Crippen LogP contribution in [-0.4, -0.2) is 46.8 Å². The Bertz CT molecular complexity index is 652. The lowest BCUT2D eigenvalue weighted by atomic mass is 10.1. The number of hydrogen-bond donors (Lipinski definition) is 4. The number of thioether (sulfide) groups is 1. The molecule has 0 spiro atoms. The monoisotopic (exact) mass is 335 g/mol. The van der Waals surface area contributed by atoms with Gasteiger partial charge in [0.25, 0.3) is 0 Å². The van der Waals surface area contributed by atoms with Crippen molar-refractivity contribution in [2.75, 3.05) is 19.4 Å². The molecule has 2 unspecified atom stereocenters. The molecule has 0 aliphatic rings. The second-order valence-electron chi connectivity index (χ2n) is 5.71. The minimum absolute atomic E-state index is 0.0114. The van der Waals surface area contributed by atoms with Gasteiger partial charge in [-0.05, 0) is 37.7 Å². The van der Waals surface area contributed by atoms with Crippen LogP contribution in [0.4, 0.5) is 4.79 Å². The number of urea groups is 1. The number of hydrogen-bond acceptors (Lipinski definition) is 3. The summed E-state index contributed by atoms with van der Waals surface area (Å²) < 4.78 is 0. The molecule has 2 rings (SSSR count). The fourth-order valence-corrected chi connectivity index (χ4v) is 3.29. The molecule has 4 N–H and O–H groups in total. The maximum Gasteiger partial charge on any atom is 0.315 e. The third kappa shape index (κ3) is 4.42. The highest BCUT2D eigenvalue weighted by molar-refractivity contribution is 7.99. The van der Waals surface area contributed by atoms with E-state index in [2.05, 4.69) is 34.7 Å². The molecule has 23 heavy (non-hydrogen) atoms. The van der Waals surface area contributed by atoms with Gasteiger partial charge in [0.1, 0.15) is 0 Å². The molecule has 1 aromatic heterocycles. The Kier molecular flexibility index (Phi) is 6.36. The zero-order valence-corrected chi connectivity index (χ0v) is 14.7. The second-order valence-corrected chi connectivity index (χ2v) is 6.78. The molecule has 1 heterocycles. The quantitative estimate of drug-likeness (QED) is 0.628. The van der Waals surface area contributed by atoms with Crippen LogP contribution in [0.3, 0.4) is 0 Å². The maximum atomic E-state index is 11.9. The summed E-state index contributed by atoms with van der Waals surface area (Å²) in [4.78, 5) is 15.2. The van der Waals surface area contributed by atoms with Gasteiger partial charge in [-0.25, -0.2) is 4.79 Å². The number of aromatic amines is 1. The first-order valence-corrected chi connectivity index (χ1v) is 9.09. The van der Waals surface area contributed by atoms with Crippen LogP contribution in [-0.2, 0) is 6.42 Å². The SMILES string of the molecule is CSC(CO)C(C)NC(=O)NCCc1c[nH]c2c(C)cccc12. The highest BCUT2D eigenvalue weighted by atomic mass is 32.2. The lowest BCUT2D eigenvalue weighted by Gasteiger charge is -2.21. The molecule has 0 aliphatic carbocycles. The number of benzene rings is 1. The van der Waals surface area contributed by atoms with E-state index in [1.54, 1.807) is 11.8 Å². The van der Waals surface area contributed by atoms with Crippen molar-refractivity contribution in [2.45, 2.75) is 31.6 Å². The summed E-state index contributed by atoms with van der Waals surface area (Å²) in [5.74, 6) is 0. The van der Waals surface area contributed by atoms with Gasteiger partial charge in [-0.1, -0.05) is 18.2 Å². The molecule has 0 saturated carbocycles. The molecule has 2 amide bonds. The fourth-order valence-electron chi connectivity index (χ4n) is 2.67. The Hall–Kier alpha value is -1.66. The minimum atomic E-state index is -0.193. The van der Waals surface area contributed by atoms with Crippen LogP contribution in [0.2, 0.25) is 0 Å². The second kappa shape index (κ2) is 8.26. The molecule has 2 aromatic rings. The number of para-hydroxylation sites is 1. The van der Waals surface area contributed by atoms with Crippen molar-refractivity contribution in [1.82, 2.24) is 15.6 Å². The predicted molar refractivity (Wildman–Crippen MR) is 97.1 cm³/mol. The molecule has 5 nitrogen and oxygen atoms in total. The Balaban J connectivity index is 1.84. The number of H-pyrrole nitrogens is 1. The average Bonchev–Trinajstić information content (AvgIpc) is 2.93. The van der Waals surface area contributed by atoms with Crippen LogP contribution in [0.5, 0.6) is 0 Å². The van der Waals surface area contributed by atoms with Crippen molar-refractivity contribution in [2.24, 2.45) is 0 Å². The van der Waals surface area contributed by atoms with Crippen molar-refractivity contribution in [3.8, 4) is 0 Å². The summed E-state index contributed by atoms with van der Waals surface area (Å²) >= 11 is 1.55. The molecule has 2 atom stereocenters. The number of aromatic nitrogens is 1. The lowest BCUT2D eigenvalue weighted by Crippen LogP contribution is -2.46. The minimum Gasteiger partial charge on any atom is -0.395 e. The maximum absolute atomic E-state index is 11.9. The van der Waals surface area contributed by atoms with Gasteiger partial charge in [0.05, 0.1) is 6.61 Å². The van der Waals surface area contributed by atoms with Gasteiger partial charge in [0.2, 0.25) is 0 Å². The molecule has 6 heteroatoms. The lowest BCUT2D eigenvalue weighted by molar-refractivity contribution is 0.232. The standard InChI is InChI=1S/C17H25N3O2S/c1-11-5-4-6-14-13(9-19-16(11)14)7-8-18-17(22)20-12(2)15(10-21)23-3/h4-6,9,12,15,19,21H,7-8,10H2,1-3H3,(H2,18,20,22). The number of rotatable bonds is 7. The zero-order chi connectivity index (χ0) is 16.8. The number of amides is 2. The van der Waals surface area contributed by atoms with Gasteiger partial charge in [-0.2, -0.15) is 11.8 Å². The normalized spacial score (nSPS) is 13.7. The first-order chi connectivity index (χ1) is 11.1. The van der Waals surface area contributed by atoms with E-state index < -0.39 is 0 Å². The highest BCUT2D eigenvalue weighted by Crippen LogP contribution is 2.21. The number of carbonyl (C=O) groups is 1. The van der Waals surface area contributed by atoms with Crippen molar-refractivity contribution >= 4 is 28.7 Å². The van der Waals surface area contributed by atoms with E-state index in [0.717, 1.165) is 11.9 Å². The average molecular weight is 335 g/mol. The van der Waals surface area contributed by atoms with Crippen molar-refractivity contribution in [3.63, 3.8) is 0 Å². The first kappa shape index (κ1) is 17.7. The molecule has 126 valence electrons. The van der Waals surface area contributed by atoms with E-state index in [4.69, 9.17) is 0 Å². The number of aliphatic hydroxyl groups excluding tert-OH is 1. The first-order valence-electron chi connectivity index (χ1n) is 7.80. The summed E-state index contributed by atoms with van der Waals surface area (Å²) in [5.41, 5.74) is 3.58. The van der Waals surface area contributed by atoms with Gasteiger partial charge in [-0.15, -0.1) is 0 Å². The van der Waals surface area contributed by atoms with E-state index in [1.807, 2.05) is 25.4 Å². The van der Waals surface area contributed by atoms with Crippen molar-refractivity contribution in [3.05, 3.63) is 35.5 Å². The number of carbonyl (C=O) groups excluding carboxylic acids is 1. The van der Waals surface area contributed by atoms with Gasteiger partial charge >= 0.3 is 6.03 Å². The molecule has 0 bridgehead atoms. The molecule has 0 saturated heterocycles. The fraction of sp³-hybridized carbons (Fsp3) is 0.471. The van der Waals surface area contributed by atoms with E-state index >= 15 is 0 Å². The molecule has 0 radical (unpaired) electrons. The number of nitrogens with one attached hydrogen (secondary N) is 3. The summed E-state index contributed by atoms with van der Waals surface area (Å²) in [7, 11) is 0. The summed E-state index contributed by atoms with van der Waals surface area (Å²) in [5, 5.41) is 16.2. The van der Waals surface area contributed by atoms with Crippen molar-refractivity contribution in [1.29, 1.82) is 0 Å². The van der Waals surface area contributed by atoms with Gasteiger partial charge in [0.15, 0.2) is 0 Å². The number of aryl methyl sites for hydroxylation is 1. The van der Waals surface area contributed by atoms with E-state index in [-0.39, 0.29) is 23.9 Å². The van der Waals surface area contributed by atoms with Crippen LogP contribution in [0.25, 0.3) is 10.9 Å². The Morgan fingerprint density at radius 3 is 2.91 bits per heavy atom. The van der Waals surface area contributed by atoms with E-state index in [1.165, 1.54) is 16.5 Å². The van der Waals surface area contributed by atoms with Gasteiger partial charge < -0.3 is 20.7 Å². The molecular formula is C17H25N3O2S. The third-order valence-electron chi connectivity index (χ3n) is 4.09. The Morgan fingerprint density at radius 2 is 2.22 bits per heavy atom. The smallest absolute Gasteiger partial charge is 0.315 e. The number of fused-ring (bicyclic) bond motifs is 1. The van der Waals surface area contributed by atoms with Crippen molar-refractivity contribution < 1.29 is 9.90 Å². The van der Waals surface area contributed by atoms with Crippen LogP contribution in [0, 0.1) is 6.92 Å².